The van der Waals surface area contributed by atoms with Crippen LogP contribution < -0.4 is 5.32 Å². The summed E-state index contributed by atoms with van der Waals surface area (Å²) in [5.74, 6) is -0.508. The summed E-state index contributed by atoms with van der Waals surface area (Å²) in [6.07, 6.45) is -2.73. The maximum atomic E-state index is 12.6. The number of aromatic nitrogens is 3. The van der Waals surface area contributed by atoms with Gasteiger partial charge in [-0.05, 0) is 48.5 Å². The van der Waals surface area contributed by atoms with Crippen LogP contribution in [0.3, 0.4) is 0 Å². The summed E-state index contributed by atoms with van der Waals surface area (Å²) in [5, 5.41) is 10.3. The topological polar surface area (TPSA) is 70.7 Å². The van der Waals surface area contributed by atoms with Gasteiger partial charge in [-0.3, -0.25) is 9.89 Å². The van der Waals surface area contributed by atoms with Crippen molar-refractivity contribution in [3.05, 3.63) is 78.1 Å². The van der Waals surface area contributed by atoms with Gasteiger partial charge in [0, 0.05) is 16.6 Å². The molecule has 0 saturated heterocycles. The van der Waals surface area contributed by atoms with Crippen LogP contribution in [0.2, 0.25) is 0 Å². The number of pyridine rings is 1. The number of nitrogens with one attached hydrogen (secondary N) is 2. The molecule has 0 aliphatic rings. The molecule has 5 nitrogen and oxygen atoms in total. The fourth-order valence-corrected chi connectivity index (χ4v) is 2.76. The number of amides is 1. The molecule has 0 bridgehead atoms. The van der Waals surface area contributed by atoms with E-state index < -0.39 is 17.6 Å². The summed E-state index contributed by atoms with van der Waals surface area (Å²) in [6, 6.07) is 14.9. The Morgan fingerprint density at radius 3 is 2.54 bits per heavy atom. The molecule has 0 fully saturated rings. The number of carbonyl (C=O) groups is 1. The van der Waals surface area contributed by atoms with Crippen LogP contribution in [0.25, 0.3) is 22.2 Å². The monoisotopic (exact) mass is 382 g/mol. The maximum Gasteiger partial charge on any atom is 0.416 e. The van der Waals surface area contributed by atoms with Crippen molar-refractivity contribution in [2.45, 2.75) is 6.18 Å². The predicted octanol–water partition coefficient (Wildman–Crippen LogP) is 4.90. The smallest absolute Gasteiger partial charge is 0.321 e. The molecule has 0 radical (unpaired) electrons. The molecule has 0 aliphatic carbocycles. The van der Waals surface area contributed by atoms with Crippen molar-refractivity contribution >= 4 is 22.5 Å². The average molecular weight is 382 g/mol. The number of benzene rings is 2. The third-order valence-corrected chi connectivity index (χ3v) is 4.19. The lowest BCUT2D eigenvalue weighted by atomic mass is 10.1. The van der Waals surface area contributed by atoms with Crippen molar-refractivity contribution < 1.29 is 18.0 Å². The van der Waals surface area contributed by atoms with Gasteiger partial charge in [0.25, 0.3) is 5.91 Å². The van der Waals surface area contributed by atoms with E-state index in [0.717, 1.165) is 28.6 Å². The van der Waals surface area contributed by atoms with Crippen molar-refractivity contribution in [3.8, 4) is 11.3 Å². The average Bonchev–Trinajstić information content (AvgIpc) is 3.15. The summed E-state index contributed by atoms with van der Waals surface area (Å²) >= 11 is 0. The standard InChI is InChI=1S/C20H13F3N4O/c21-20(22,23)14-5-7-15(8-6-14)25-19(28)18-3-1-2-16(26-18)12-4-9-17-13(10-12)11-24-27-17/h1-11H,(H,24,27)(H,25,28). The van der Waals surface area contributed by atoms with E-state index in [4.69, 9.17) is 0 Å². The Morgan fingerprint density at radius 2 is 1.79 bits per heavy atom. The zero-order valence-corrected chi connectivity index (χ0v) is 14.3. The van der Waals surface area contributed by atoms with Crippen LogP contribution in [0, 0.1) is 0 Å². The van der Waals surface area contributed by atoms with Crippen LogP contribution in [-0.2, 0) is 6.18 Å². The van der Waals surface area contributed by atoms with Crippen LogP contribution in [0.4, 0.5) is 18.9 Å². The highest BCUT2D eigenvalue weighted by Gasteiger charge is 2.30. The van der Waals surface area contributed by atoms with Gasteiger partial charge in [0.05, 0.1) is 23.0 Å². The molecule has 2 heterocycles. The first kappa shape index (κ1) is 17.7. The Hall–Kier alpha value is -3.68. The number of fused-ring (bicyclic) bond motifs is 1. The molecule has 0 spiro atoms. The van der Waals surface area contributed by atoms with Crippen molar-refractivity contribution in [2.75, 3.05) is 5.32 Å². The first-order chi connectivity index (χ1) is 13.4. The number of hydrogen-bond acceptors (Lipinski definition) is 3. The van der Waals surface area contributed by atoms with Crippen molar-refractivity contribution in [1.82, 2.24) is 15.2 Å². The van der Waals surface area contributed by atoms with E-state index in [-0.39, 0.29) is 11.4 Å². The van der Waals surface area contributed by atoms with Gasteiger partial charge in [-0.25, -0.2) is 4.98 Å². The van der Waals surface area contributed by atoms with Gasteiger partial charge in [0.1, 0.15) is 5.69 Å². The number of halogens is 3. The lowest BCUT2D eigenvalue weighted by molar-refractivity contribution is -0.137. The molecule has 2 N–H and O–H groups in total. The summed E-state index contributed by atoms with van der Waals surface area (Å²) in [4.78, 5) is 16.8. The molecular formula is C20H13F3N4O. The number of H-pyrrole nitrogens is 1. The summed E-state index contributed by atoms with van der Waals surface area (Å²) < 4.78 is 37.9. The largest absolute Gasteiger partial charge is 0.416 e. The van der Waals surface area contributed by atoms with Gasteiger partial charge in [0.15, 0.2) is 0 Å². The molecule has 8 heteroatoms. The SMILES string of the molecule is O=C(Nc1ccc(C(F)(F)F)cc1)c1cccc(-c2ccc3[nH]ncc3c2)n1. The molecule has 0 atom stereocenters. The third-order valence-electron chi connectivity index (χ3n) is 4.19. The minimum Gasteiger partial charge on any atom is -0.321 e. The quantitative estimate of drug-likeness (QED) is 0.530. The second-order valence-electron chi connectivity index (χ2n) is 6.11. The number of alkyl halides is 3. The van der Waals surface area contributed by atoms with E-state index in [0.29, 0.717) is 5.69 Å². The highest BCUT2D eigenvalue weighted by atomic mass is 19.4. The normalized spacial score (nSPS) is 11.5. The molecule has 0 saturated carbocycles. The van der Waals surface area contributed by atoms with Crippen LogP contribution in [0.5, 0.6) is 0 Å². The van der Waals surface area contributed by atoms with Gasteiger partial charge in [-0.2, -0.15) is 18.3 Å². The fraction of sp³-hybridized carbons (Fsp3) is 0.0500. The zero-order chi connectivity index (χ0) is 19.7. The summed E-state index contributed by atoms with van der Waals surface area (Å²) in [5.41, 5.74) is 1.94. The molecule has 4 rings (SSSR count). The van der Waals surface area contributed by atoms with Gasteiger partial charge in [0.2, 0.25) is 0 Å². The minimum atomic E-state index is -4.42. The molecule has 0 aliphatic heterocycles. The van der Waals surface area contributed by atoms with E-state index in [9.17, 15) is 18.0 Å². The van der Waals surface area contributed by atoms with E-state index >= 15 is 0 Å². The van der Waals surface area contributed by atoms with Gasteiger partial charge in [-0.1, -0.05) is 12.1 Å². The lowest BCUT2D eigenvalue weighted by Gasteiger charge is -2.09. The maximum absolute atomic E-state index is 12.6. The molecule has 1 amide bonds. The molecular weight excluding hydrogens is 369 g/mol. The van der Waals surface area contributed by atoms with Crippen LogP contribution in [0.1, 0.15) is 16.1 Å². The number of aromatic amines is 1. The fourth-order valence-electron chi connectivity index (χ4n) is 2.76. The second-order valence-corrected chi connectivity index (χ2v) is 6.11. The predicted molar refractivity (Wildman–Crippen MR) is 98.7 cm³/mol. The first-order valence-corrected chi connectivity index (χ1v) is 8.29. The molecule has 140 valence electrons. The summed E-state index contributed by atoms with van der Waals surface area (Å²) in [6.45, 7) is 0. The van der Waals surface area contributed by atoms with Crippen LogP contribution in [0.15, 0.2) is 66.9 Å². The number of rotatable bonds is 3. The van der Waals surface area contributed by atoms with Crippen molar-refractivity contribution in [3.63, 3.8) is 0 Å². The van der Waals surface area contributed by atoms with Gasteiger partial charge >= 0.3 is 6.18 Å². The van der Waals surface area contributed by atoms with E-state index in [1.54, 1.807) is 24.4 Å². The highest BCUT2D eigenvalue weighted by Crippen LogP contribution is 2.30. The molecule has 4 aromatic rings. The lowest BCUT2D eigenvalue weighted by Crippen LogP contribution is -2.14. The molecule has 2 aromatic carbocycles. The Morgan fingerprint density at radius 1 is 1.00 bits per heavy atom. The van der Waals surface area contributed by atoms with Crippen LogP contribution >= 0.6 is 0 Å². The van der Waals surface area contributed by atoms with Gasteiger partial charge in [-0.15, -0.1) is 0 Å². The number of anilines is 1. The van der Waals surface area contributed by atoms with Gasteiger partial charge < -0.3 is 5.32 Å². The Labute approximate surface area is 157 Å². The number of carbonyl (C=O) groups excluding carboxylic acids is 1. The number of nitrogens with zero attached hydrogens (tertiary/aromatic N) is 2. The molecule has 28 heavy (non-hydrogen) atoms. The van der Waals surface area contributed by atoms with E-state index in [1.165, 1.54) is 12.1 Å². The Balaban J connectivity index is 1.56. The van der Waals surface area contributed by atoms with Crippen molar-refractivity contribution in [2.24, 2.45) is 0 Å². The third kappa shape index (κ3) is 3.57. The molecule has 2 aromatic heterocycles. The van der Waals surface area contributed by atoms with E-state index in [1.807, 2.05) is 18.2 Å². The Kier molecular flexibility index (Phi) is 4.31. The minimum absolute atomic E-state index is 0.157. The summed E-state index contributed by atoms with van der Waals surface area (Å²) in [7, 11) is 0. The van der Waals surface area contributed by atoms with Crippen LogP contribution in [-0.4, -0.2) is 21.1 Å². The number of hydrogen-bond donors (Lipinski definition) is 2. The van der Waals surface area contributed by atoms with Crippen molar-refractivity contribution in [1.29, 1.82) is 0 Å². The zero-order valence-electron chi connectivity index (χ0n) is 14.3. The second kappa shape index (κ2) is 6.80. The first-order valence-electron chi connectivity index (χ1n) is 8.29. The molecule has 0 unspecified atom stereocenters. The van der Waals surface area contributed by atoms with E-state index in [2.05, 4.69) is 20.5 Å². The highest BCUT2D eigenvalue weighted by molar-refractivity contribution is 6.03. The Bertz CT molecular complexity index is 1150.